The molecular weight excluding hydrogens is 282 g/mol. The van der Waals surface area contributed by atoms with Gasteiger partial charge in [0.2, 0.25) is 0 Å². The minimum absolute atomic E-state index is 0.323. The Morgan fingerprint density at radius 1 is 1.12 bits per heavy atom. The lowest BCUT2D eigenvalue weighted by molar-refractivity contribution is 0.871. The molecule has 0 saturated heterocycles. The first-order chi connectivity index (χ1) is 8.09. The Labute approximate surface area is 113 Å². The normalized spacial score (nSPS) is 11.9. The van der Waals surface area contributed by atoms with Crippen LogP contribution in [0, 0.1) is 0 Å². The molecule has 0 radical (unpaired) electrons. The number of nitrogens with zero attached hydrogens (tertiary/aromatic N) is 4. The van der Waals surface area contributed by atoms with Gasteiger partial charge in [-0.1, -0.05) is 40.9 Å². The largest absolute Gasteiger partial charge is 0.207 e. The minimum Gasteiger partial charge on any atom is -0.207 e. The van der Waals surface area contributed by atoms with E-state index in [-0.39, 0.29) is 0 Å². The Morgan fingerprint density at radius 2 is 1.76 bits per heavy atom. The first-order valence-electron chi connectivity index (χ1n) is 4.63. The molecule has 1 aromatic heterocycles. The summed E-state index contributed by atoms with van der Waals surface area (Å²) in [6, 6.07) is 3.44. The van der Waals surface area contributed by atoms with Crippen molar-refractivity contribution >= 4 is 40.5 Å². The molecule has 0 N–H and O–H groups in total. The fourth-order valence-electron chi connectivity index (χ4n) is 1.28. The molecule has 88 valence electrons. The summed E-state index contributed by atoms with van der Waals surface area (Å²) in [7, 11) is 0. The zero-order chi connectivity index (χ0) is 12.4. The Bertz CT molecular complexity index is 563. The molecule has 0 unspecified atom stereocenters. The van der Waals surface area contributed by atoms with E-state index in [1.165, 1.54) is 17.3 Å². The van der Waals surface area contributed by atoms with Crippen LogP contribution in [0.15, 0.2) is 29.9 Å². The lowest BCUT2D eigenvalue weighted by Gasteiger charge is -2.06. The maximum absolute atomic E-state index is 6.10. The molecule has 0 aliphatic rings. The van der Waals surface area contributed by atoms with E-state index in [0.717, 1.165) is 5.56 Å². The van der Waals surface area contributed by atoms with Gasteiger partial charge in [-0.25, -0.2) is 4.68 Å². The van der Waals surface area contributed by atoms with Crippen molar-refractivity contribution in [2.75, 3.05) is 0 Å². The molecule has 7 heteroatoms. The molecule has 4 nitrogen and oxygen atoms in total. The summed E-state index contributed by atoms with van der Waals surface area (Å²) in [4.78, 5) is 0. The van der Waals surface area contributed by atoms with Gasteiger partial charge in [-0.3, -0.25) is 0 Å². The van der Waals surface area contributed by atoms with E-state index < -0.39 is 0 Å². The van der Waals surface area contributed by atoms with Crippen molar-refractivity contribution in [3.05, 3.63) is 45.4 Å². The fraction of sp³-hybridized carbons (Fsp3) is 0.100. The van der Waals surface area contributed by atoms with Gasteiger partial charge in [0.15, 0.2) is 0 Å². The number of rotatable bonds is 2. The van der Waals surface area contributed by atoms with Gasteiger partial charge >= 0.3 is 0 Å². The van der Waals surface area contributed by atoms with E-state index >= 15 is 0 Å². The van der Waals surface area contributed by atoms with Gasteiger partial charge in [-0.15, -0.1) is 10.2 Å². The highest BCUT2D eigenvalue weighted by molar-refractivity contribution is 6.49. The summed E-state index contributed by atoms with van der Waals surface area (Å²) >= 11 is 17.9. The molecule has 0 fully saturated rings. The molecule has 0 saturated carbocycles. The molecule has 0 amide bonds. The standard InChI is InChI=1S/C10H7Cl3N4/c1-6(16-17-4-14-15-5-17)7-2-3-8(11)10(13)9(7)12/h2-5H,1H3/b16-6-. The number of aromatic nitrogens is 3. The zero-order valence-electron chi connectivity index (χ0n) is 8.73. The van der Waals surface area contributed by atoms with Crippen LogP contribution >= 0.6 is 34.8 Å². The van der Waals surface area contributed by atoms with Crippen LogP contribution in [0.1, 0.15) is 12.5 Å². The average Bonchev–Trinajstić information content (AvgIpc) is 2.78. The van der Waals surface area contributed by atoms with E-state index in [2.05, 4.69) is 15.3 Å². The maximum atomic E-state index is 6.10. The van der Waals surface area contributed by atoms with Crippen LogP contribution in [0.25, 0.3) is 0 Å². The van der Waals surface area contributed by atoms with Gasteiger partial charge in [-0.05, 0) is 13.0 Å². The number of benzene rings is 1. The van der Waals surface area contributed by atoms with Crippen molar-refractivity contribution < 1.29 is 0 Å². The quantitative estimate of drug-likeness (QED) is 0.627. The van der Waals surface area contributed by atoms with Crippen LogP contribution in [-0.2, 0) is 0 Å². The molecule has 0 aliphatic heterocycles. The highest BCUT2D eigenvalue weighted by Gasteiger charge is 2.10. The van der Waals surface area contributed by atoms with Gasteiger partial charge in [-0.2, -0.15) is 5.10 Å². The molecule has 1 aromatic carbocycles. The Kier molecular flexibility index (Phi) is 3.66. The van der Waals surface area contributed by atoms with Crippen molar-refractivity contribution in [2.24, 2.45) is 5.10 Å². The van der Waals surface area contributed by atoms with E-state index in [4.69, 9.17) is 34.8 Å². The monoisotopic (exact) mass is 288 g/mol. The van der Waals surface area contributed by atoms with Crippen LogP contribution < -0.4 is 0 Å². The first kappa shape index (κ1) is 12.4. The zero-order valence-corrected chi connectivity index (χ0v) is 11.0. The molecule has 0 aliphatic carbocycles. The molecule has 17 heavy (non-hydrogen) atoms. The van der Waals surface area contributed by atoms with Crippen LogP contribution in [0.5, 0.6) is 0 Å². The Balaban J connectivity index is 2.45. The predicted molar refractivity (Wildman–Crippen MR) is 69.1 cm³/mol. The maximum Gasteiger partial charge on any atom is 0.141 e. The second-order valence-corrected chi connectivity index (χ2v) is 4.41. The third-order valence-corrected chi connectivity index (χ3v) is 3.39. The van der Waals surface area contributed by atoms with E-state index in [1.807, 2.05) is 6.92 Å². The molecule has 0 spiro atoms. The summed E-state index contributed by atoms with van der Waals surface area (Å²) in [5, 5.41) is 12.7. The van der Waals surface area contributed by atoms with Crippen LogP contribution in [-0.4, -0.2) is 20.6 Å². The third kappa shape index (κ3) is 2.60. The molecular formula is C10H7Cl3N4. The average molecular weight is 290 g/mol. The molecule has 0 atom stereocenters. The Hall–Kier alpha value is -1.10. The summed E-state index contributed by atoms with van der Waals surface area (Å²) in [6.45, 7) is 1.81. The first-order valence-corrected chi connectivity index (χ1v) is 5.77. The smallest absolute Gasteiger partial charge is 0.141 e. The van der Waals surface area contributed by atoms with E-state index in [9.17, 15) is 0 Å². The van der Waals surface area contributed by atoms with E-state index in [1.54, 1.807) is 12.1 Å². The van der Waals surface area contributed by atoms with Crippen molar-refractivity contribution in [1.29, 1.82) is 0 Å². The van der Waals surface area contributed by atoms with Gasteiger partial charge in [0.25, 0.3) is 0 Å². The molecule has 1 heterocycles. The van der Waals surface area contributed by atoms with Gasteiger partial charge in [0.05, 0.1) is 20.8 Å². The molecule has 2 rings (SSSR count). The second kappa shape index (κ2) is 5.04. The summed E-state index contributed by atoms with van der Waals surface area (Å²) < 4.78 is 1.48. The van der Waals surface area contributed by atoms with Gasteiger partial charge < -0.3 is 0 Å². The topological polar surface area (TPSA) is 43.1 Å². The highest BCUT2D eigenvalue weighted by Crippen LogP contribution is 2.32. The predicted octanol–water partition coefficient (Wildman–Crippen LogP) is 3.51. The SMILES string of the molecule is C/C(=N/n1cnnc1)c1ccc(Cl)c(Cl)c1Cl. The highest BCUT2D eigenvalue weighted by atomic mass is 35.5. The van der Waals surface area contributed by atoms with Crippen LogP contribution in [0.4, 0.5) is 0 Å². The summed E-state index contributed by atoms with van der Waals surface area (Å²) in [5.74, 6) is 0. The van der Waals surface area contributed by atoms with Crippen molar-refractivity contribution in [3.63, 3.8) is 0 Å². The lowest BCUT2D eigenvalue weighted by Crippen LogP contribution is -2.00. The van der Waals surface area contributed by atoms with Gasteiger partial charge in [0.1, 0.15) is 12.7 Å². The third-order valence-electron chi connectivity index (χ3n) is 2.10. The van der Waals surface area contributed by atoms with Crippen molar-refractivity contribution in [1.82, 2.24) is 14.9 Å². The Morgan fingerprint density at radius 3 is 2.41 bits per heavy atom. The number of hydrogen-bond donors (Lipinski definition) is 0. The minimum atomic E-state index is 0.323. The van der Waals surface area contributed by atoms with Crippen LogP contribution in [0.2, 0.25) is 15.1 Å². The number of halogens is 3. The summed E-state index contributed by atoms with van der Waals surface area (Å²) in [5.41, 5.74) is 1.41. The van der Waals surface area contributed by atoms with Crippen molar-refractivity contribution in [2.45, 2.75) is 6.92 Å². The van der Waals surface area contributed by atoms with E-state index in [0.29, 0.717) is 20.8 Å². The lowest BCUT2D eigenvalue weighted by atomic mass is 10.1. The van der Waals surface area contributed by atoms with Crippen LogP contribution in [0.3, 0.4) is 0 Å². The second-order valence-electron chi connectivity index (χ2n) is 3.25. The fourth-order valence-corrected chi connectivity index (χ4v) is 1.95. The number of hydrogen-bond acceptors (Lipinski definition) is 3. The van der Waals surface area contributed by atoms with Gasteiger partial charge in [0, 0.05) is 5.56 Å². The summed E-state index contributed by atoms with van der Waals surface area (Å²) in [6.07, 6.45) is 2.96. The molecule has 2 aromatic rings. The van der Waals surface area contributed by atoms with Crippen molar-refractivity contribution in [3.8, 4) is 0 Å². The molecule has 0 bridgehead atoms.